The van der Waals surface area contributed by atoms with Crippen molar-refractivity contribution in [3.05, 3.63) is 17.0 Å². The van der Waals surface area contributed by atoms with Gasteiger partial charge in [-0.3, -0.25) is 19.2 Å². The van der Waals surface area contributed by atoms with Crippen molar-refractivity contribution in [2.45, 2.75) is 135 Å². The Morgan fingerprint density at radius 2 is 1.59 bits per heavy atom. The molecule has 1 aromatic rings. The minimum absolute atomic E-state index is 0.0958. The standard InChI is InChI=1S/C30H49N5O2/c1-4-17-34-28(36)27(20-24-11-7-5-8-12-24)31-29(37)30(34)15-18-33(19-16-30)21-26-22(2)32-35(23(26)3)25-13-9-6-10-14-25/h24-25,27H,4-21H2,1-3H3,(H,31,37)/t27-/m0/s1. The Balaban J connectivity index is 1.25. The Morgan fingerprint density at radius 1 is 0.946 bits per heavy atom. The third kappa shape index (κ3) is 5.35. The quantitative estimate of drug-likeness (QED) is 0.556. The van der Waals surface area contributed by atoms with Gasteiger partial charge in [-0.1, -0.05) is 58.3 Å². The van der Waals surface area contributed by atoms with Gasteiger partial charge in [0.1, 0.15) is 11.6 Å². The van der Waals surface area contributed by atoms with Crippen LogP contribution in [0.2, 0.25) is 0 Å². The summed E-state index contributed by atoms with van der Waals surface area (Å²) in [4.78, 5) is 31.8. The Morgan fingerprint density at radius 3 is 2.24 bits per heavy atom. The van der Waals surface area contributed by atoms with Gasteiger partial charge in [0.25, 0.3) is 0 Å². The van der Waals surface area contributed by atoms with Crippen LogP contribution in [-0.4, -0.2) is 62.6 Å². The van der Waals surface area contributed by atoms with E-state index in [2.05, 4.69) is 35.7 Å². The highest BCUT2D eigenvalue weighted by Crippen LogP contribution is 2.37. The van der Waals surface area contributed by atoms with Crippen LogP contribution in [0.4, 0.5) is 0 Å². The third-order valence-corrected chi connectivity index (χ3v) is 10.0. The van der Waals surface area contributed by atoms with Crippen LogP contribution in [0.15, 0.2) is 0 Å². The predicted molar refractivity (Wildman–Crippen MR) is 146 cm³/mol. The highest BCUT2D eigenvalue weighted by Gasteiger charge is 2.53. The smallest absolute Gasteiger partial charge is 0.246 e. The molecule has 1 N–H and O–H groups in total. The van der Waals surface area contributed by atoms with Gasteiger partial charge >= 0.3 is 0 Å². The number of hydrogen-bond donors (Lipinski definition) is 1. The Hall–Kier alpha value is -1.89. The summed E-state index contributed by atoms with van der Waals surface area (Å²) in [5.41, 5.74) is 3.13. The summed E-state index contributed by atoms with van der Waals surface area (Å²) >= 11 is 0. The Bertz CT molecular complexity index is 951. The molecular formula is C30H49N5O2. The molecule has 37 heavy (non-hydrogen) atoms. The van der Waals surface area contributed by atoms with Gasteiger partial charge in [-0.15, -0.1) is 0 Å². The van der Waals surface area contributed by atoms with Crippen LogP contribution >= 0.6 is 0 Å². The van der Waals surface area contributed by atoms with Gasteiger partial charge in [0.15, 0.2) is 0 Å². The van der Waals surface area contributed by atoms with Crippen molar-refractivity contribution in [1.29, 1.82) is 0 Å². The van der Waals surface area contributed by atoms with E-state index in [-0.39, 0.29) is 17.9 Å². The van der Waals surface area contributed by atoms with E-state index < -0.39 is 5.54 Å². The molecule has 4 fully saturated rings. The van der Waals surface area contributed by atoms with Crippen LogP contribution in [0.1, 0.15) is 120 Å². The third-order valence-electron chi connectivity index (χ3n) is 10.0. The van der Waals surface area contributed by atoms with Gasteiger partial charge in [0.2, 0.25) is 11.8 Å². The largest absolute Gasteiger partial charge is 0.342 e. The first kappa shape index (κ1) is 26.7. The number of hydrogen-bond acceptors (Lipinski definition) is 4. The molecule has 7 heteroatoms. The highest BCUT2D eigenvalue weighted by atomic mass is 16.2. The van der Waals surface area contributed by atoms with Gasteiger partial charge < -0.3 is 10.2 Å². The number of nitrogens with one attached hydrogen (secondary N) is 1. The average Bonchev–Trinajstić information content (AvgIpc) is 3.20. The Labute approximate surface area is 223 Å². The van der Waals surface area contributed by atoms with E-state index in [4.69, 9.17) is 5.10 Å². The van der Waals surface area contributed by atoms with Crippen molar-refractivity contribution >= 4 is 11.8 Å². The first-order valence-electron chi connectivity index (χ1n) is 15.3. The molecule has 1 spiro atoms. The Kier molecular flexibility index (Phi) is 8.28. The average molecular weight is 512 g/mol. The number of aromatic nitrogens is 2. The molecule has 1 aromatic heterocycles. The van der Waals surface area contributed by atoms with Gasteiger partial charge in [-0.25, -0.2) is 0 Å². The minimum atomic E-state index is -0.678. The number of likely N-dealkylation sites (tertiary alicyclic amines) is 1. The first-order chi connectivity index (χ1) is 17.9. The monoisotopic (exact) mass is 511 g/mol. The second-order valence-corrected chi connectivity index (χ2v) is 12.4. The van der Waals surface area contributed by atoms with E-state index in [0.717, 1.165) is 51.0 Å². The molecule has 0 aromatic carbocycles. The maximum atomic E-state index is 13.7. The van der Waals surface area contributed by atoms with Crippen LogP contribution in [0.3, 0.4) is 0 Å². The van der Waals surface area contributed by atoms with E-state index in [9.17, 15) is 9.59 Å². The number of nitrogens with zero attached hydrogens (tertiary/aromatic N) is 4. The molecule has 5 rings (SSSR count). The van der Waals surface area contributed by atoms with Gasteiger partial charge in [-0.2, -0.15) is 5.10 Å². The minimum Gasteiger partial charge on any atom is -0.342 e. The zero-order valence-corrected chi connectivity index (χ0v) is 23.6. The lowest BCUT2D eigenvalue weighted by atomic mass is 9.79. The highest BCUT2D eigenvalue weighted by molar-refractivity contribution is 6.00. The topological polar surface area (TPSA) is 70.5 Å². The van der Waals surface area contributed by atoms with E-state index in [1.54, 1.807) is 0 Å². The van der Waals surface area contributed by atoms with Gasteiger partial charge in [0.05, 0.1) is 11.7 Å². The lowest BCUT2D eigenvalue weighted by molar-refractivity contribution is -0.162. The summed E-state index contributed by atoms with van der Waals surface area (Å²) in [6.45, 7) is 9.74. The fourth-order valence-corrected chi connectivity index (χ4v) is 7.75. The van der Waals surface area contributed by atoms with Gasteiger partial charge in [-0.05, 0) is 58.3 Å². The van der Waals surface area contributed by atoms with E-state index >= 15 is 0 Å². The molecule has 2 saturated heterocycles. The number of rotatable bonds is 7. The number of piperazine rings is 1. The van der Waals surface area contributed by atoms with Crippen molar-refractivity contribution in [1.82, 2.24) is 24.9 Å². The van der Waals surface area contributed by atoms with Crippen LogP contribution in [0.25, 0.3) is 0 Å². The van der Waals surface area contributed by atoms with Gasteiger partial charge in [0, 0.05) is 37.4 Å². The van der Waals surface area contributed by atoms with Crippen LogP contribution in [0, 0.1) is 19.8 Å². The maximum absolute atomic E-state index is 13.7. The molecule has 1 atom stereocenters. The SMILES string of the molecule is CCCN1C(=O)[C@H](CC2CCCCC2)NC(=O)C12CCN(Cc1c(C)nn(C3CCCCC3)c1C)CC2. The zero-order chi connectivity index (χ0) is 26.0. The molecule has 2 aliphatic carbocycles. The van der Waals surface area contributed by atoms with Crippen LogP contribution in [0.5, 0.6) is 0 Å². The molecule has 206 valence electrons. The van der Waals surface area contributed by atoms with E-state index in [1.165, 1.54) is 75.5 Å². The van der Waals surface area contributed by atoms with Crippen molar-refractivity contribution in [2.75, 3.05) is 19.6 Å². The molecule has 4 aliphatic rings. The molecule has 2 amide bonds. The summed E-state index contributed by atoms with van der Waals surface area (Å²) in [6, 6.07) is 0.216. The fourth-order valence-electron chi connectivity index (χ4n) is 7.75. The van der Waals surface area contributed by atoms with Crippen molar-refractivity contribution in [3.8, 4) is 0 Å². The molecule has 0 unspecified atom stereocenters. The number of piperidine rings is 1. The normalized spacial score (nSPS) is 26.1. The molecule has 0 radical (unpaired) electrons. The fraction of sp³-hybridized carbons (Fsp3) is 0.833. The first-order valence-corrected chi connectivity index (χ1v) is 15.3. The summed E-state index contributed by atoms with van der Waals surface area (Å²) in [5.74, 6) is 0.836. The van der Waals surface area contributed by atoms with Crippen molar-refractivity contribution in [3.63, 3.8) is 0 Å². The van der Waals surface area contributed by atoms with E-state index in [1.807, 2.05) is 4.90 Å². The van der Waals surface area contributed by atoms with Crippen molar-refractivity contribution in [2.24, 2.45) is 5.92 Å². The van der Waals surface area contributed by atoms with Crippen LogP contribution in [-0.2, 0) is 16.1 Å². The van der Waals surface area contributed by atoms with Crippen molar-refractivity contribution < 1.29 is 9.59 Å². The molecule has 3 heterocycles. The van der Waals surface area contributed by atoms with Crippen LogP contribution < -0.4 is 5.32 Å². The van der Waals surface area contributed by atoms with E-state index in [0.29, 0.717) is 18.5 Å². The second-order valence-electron chi connectivity index (χ2n) is 12.4. The molecular weight excluding hydrogens is 462 g/mol. The molecule has 7 nitrogen and oxygen atoms in total. The maximum Gasteiger partial charge on any atom is 0.246 e. The zero-order valence-electron chi connectivity index (χ0n) is 23.6. The lowest BCUT2D eigenvalue weighted by Crippen LogP contribution is -2.73. The summed E-state index contributed by atoms with van der Waals surface area (Å²) in [6.07, 6.45) is 15.8. The number of carbonyl (C=O) groups excluding carboxylic acids is 2. The molecule has 2 saturated carbocycles. The number of aryl methyl sites for hydroxylation is 1. The number of amides is 2. The summed E-state index contributed by atoms with van der Waals surface area (Å²) in [7, 11) is 0. The number of carbonyl (C=O) groups is 2. The summed E-state index contributed by atoms with van der Waals surface area (Å²) < 4.78 is 2.30. The lowest BCUT2D eigenvalue weighted by Gasteiger charge is -2.52. The second kappa shape index (κ2) is 11.5. The predicted octanol–water partition coefficient (Wildman–Crippen LogP) is 5.05. The molecule has 2 aliphatic heterocycles. The molecule has 0 bridgehead atoms. The summed E-state index contributed by atoms with van der Waals surface area (Å²) in [5, 5.41) is 8.19.